The molecule has 3 aliphatic heterocycles. The van der Waals surface area contributed by atoms with E-state index in [0.717, 1.165) is 32.5 Å². The molecular weight excluding hydrogens is 542 g/mol. The third kappa shape index (κ3) is 10.9. The van der Waals surface area contributed by atoms with Gasteiger partial charge in [-0.1, -0.05) is 25.0 Å². The van der Waals surface area contributed by atoms with Crippen LogP contribution >= 0.6 is 11.8 Å². The van der Waals surface area contributed by atoms with Gasteiger partial charge < -0.3 is 35.0 Å². The van der Waals surface area contributed by atoms with Gasteiger partial charge in [0.05, 0.1) is 26.4 Å². The van der Waals surface area contributed by atoms with Gasteiger partial charge in [-0.25, -0.2) is 0 Å². The third-order valence-electron chi connectivity index (χ3n) is 7.76. The quantitative estimate of drug-likeness (QED) is 0.0785. The zero-order chi connectivity index (χ0) is 28.8. The number of unbranched alkanes of at least 4 members (excludes halogenated alkanes) is 2. The molecule has 41 heavy (non-hydrogen) atoms. The van der Waals surface area contributed by atoms with Crippen LogP contribution in [0.1, 0.15) is 61.4 Å². The highest BCUT2D eigenvalue weighted by Gasteiger charge is 2.57. The van der Waals surface area contributed by atoms with Gasteiger partial charge in [-0.15, -0.1) is 0 Å². The van der Waals surface area contributed by atoms with Crippen LogP contribution in [0.15, 0.2) is 24.3 Å². The molecule has 0 aliphatic carbocycles. The van der Waals surface area contributed by atoms with Crippen molar-refractivity contribution in [3.63, 3.8) is 0 Å². The fourth-order valence-electron chi connectivity index (χ4n) is 5.39. The van der Waals surface area contributed by atoms with Crippen LogP contribution in [0.4, 0.5) is 0 Å². The number of epoxide rings is 1. The summed E-state index contributed by atoms with van der Waals surface area (Å²) < 4.78 is 22.4. The van der Waals surface area contributed by atoms with Crippen molar-refractivity contribution in [2.75, 3.05) is 65.0 Å². The van der Waals surface area contributed by atoms with E-state index in [1.807, 2.05) is 0 Å². The minimum atomic E-state index is -0.132. The molecule has 5 atom stereocenters. The molecule has 1 aromatic carbocycles. The Morgan fingerprint density at radius 2 is 1.76 bits per heavy atom. The fourth-order valence-corrected chi connectivity index (χ4v) is 7.11. The third-order valence-corrected chi connectivity index (χ3v) is 9.46. The molecule has 3 saturated heterocycles. The van der Waals surface area contributed by atoms with Gasteiger partial charge in [0.1, 0.15) is 0 Å². The zero-order valence-corrected chi connectivity index (χ0v) is 25.3. The van der Waals surface area contributed by atoms with Crippen LogP contribution in [0.5, 0.6) is 0 Å². The number of hydrogen-bond acceptors (Lipinski definition) is 10. The Hall–Kier alpha value is -1.57. The lowest BCUT2D eigenvalue weighted by atomic mass is 9.88. The Morgan fingerprint density at radius 1 is 1.02 bits per heavy atom. The SMILES string of the molecule is C[C@]12CSC(CCCCCNCCCOCCOCCOCCCNC(=O)c3cccc(C=N)c3)C1NC1OC1N2. The van der Waals surface area contributed by atoms with Crippen LogP contribution in [0.3, 0.4) is 0 Å². The maximum Gasteiger partial charge on any atom is 0.251 e. The number of nitrogens with one attached hydrogen (secondary N) is 5. The van der Waals surface area contributed by atoms with E-state index in [2.05, 4.69) is 40.0 Å². The van der Waals surface area contributed by atoms with E-state index in [1.165, 1.54) is 37.7 Å². The summed E-state index contributed by atoms with van der Waals surface area (Å²) in [5.41, 5.74) is 1.45. The molecule has 0 bridgehead atoms. The molecule has 4 unspecified atom stereocenters. The lowest BCUT2D eigenvalue weighted by Crippen LogP contribution is -2.65. The van der Waals surface area contributed by atoms with E-state index in [-0.39, 0.29) is 23.9 Å². The number of carbonyl (C=O) groups excluding carboxylic acids is 1. The molecule has 0 saturated carbocycles. The molecule has 4 rings (SSSR count). The van der Waals surface area contributed by atoms with Gasteiger partial charge in [0, 0.05) is 54.1 Å². The molecule has 0 radical (unpaired) electrons. The summed E-state index contributed by atoms with van der Waals surface area (Å²) in [5.74, 6) is 1.04. The minimum Gasteiger partial charge on any atom is -0.379 e. The Kier molecular flexibility index (Phi) is 13.8. The van der Waals surface area contributed by atoms with E-state index < -0.39 is 0 Å². The Bertz CT molecular complexity index is 942. The molecule has 3 fully saturated rings. The van der Waals surface area contributed by atoms with Crippen molar-refractivity contribution < 1.29 is 23.7 Å². The molecule has 10 nitrogen and oxygen atoms in total. The van der Waals surface area contributed by atoms with Gasteiger partial charge in [-0.05, 0) is 63.4 Å². The van der Waals surface area contributed by atoms with E-state index in [1.54, 1.807) is 24.3 Å². The number of rotatable bonds is 22. The topological polar surface area (TPSA) is 129 Å². The van der Waals surface area contributed by atoms with Crippen LogP contribution in [0.2, 0.25) is 0 Å². The number of amides is 1. The molecule has 1 aromatic rings. The standard InChI is InChI=1S/C30H49N5O5S/c1-30-22-41-25(26(30)34-28-29(35-30)40-28)10-3-2-4-11-32-12-6-14-37-16-18-39-19-17-38-15-7-13-33-27(36)24-9-5-8-23(20-24)21-31/h5,8-9,20-21,25-26,28-29,31-32,34-35H,2-4,6-7,10-19,22H2,1H3,(H,33,36)/t25?,26?,28?,29?,30-/m0/s1. The van der Waals surface area contributed by atoms with Crippen LogP contribution in [0, 0.1) is 5.41 Å². The molecule has 3 heterocycles. The molecule has 0 spiro atoms. The van der Waals surface area contributed by atoms with Crippen molar-refractivity contribution >= 4 is 23.9 Å². The van der Waals surface area contributed by atoms with Crippen molar-refractivity contribution in [1.29, 1.82) is 5.41 Å². The number of hydrogen-bond donors (Lipinski definition) is 5. The van der Waals surface area contributed by atoms with Gasteiger partial charge in [0.2, 0.25) is 0 Å². The molecule has 5 N–H and O–H groups in total. The second kappa shape index (κ2) is 17.5. The van der Waals surface area contributed by atoms with Gasteiger partial charge in [-0.3, -0.25) is 15.4 Å². The van der Waals surface area contributed by atoms with Gasteiger partial charge in [0.15, 0.2) is 12.5 Å². The van der Waals surface area contributed by atoms with E-state index in [9.17, 15) is 4.79 Å². The van der Waals surface area contributed by atoms with Gasteiger partial charge in [-0.2, -0.15) is 11.8 Å². The van der Waals surface area contributed by atoms with Crippen LogP contribution in [-0.4, -0.2) is 106 Å². The average molecular weight is 592 g/mol. The second-order valence-corrected chi connectivity index (χ2v) is 12.4. The van der Waals surface area contributed by atoms with Crippen molar-refractivity contribution in [3.05, 3.63) is 35.4 Å². The first kappa shape index (κ1) is 32.3. The van der Waals surface area contributed by atoms with E-state index in [0.29, 0.717) is 62.0 Å². The summed E-state index contributed by atoms with van der Waals surface area (Å²) in [4.78, 5) is 12.1. The summed E-state index contributed by atoms with van der Waals surface area (Å²) in [7, 11) is 0. The summed E-state index contributed by atoms with van der Waals surface area (Å²) in [5, 5.41) is 21.7. The van der Waals surface area contributed by atoms with Gasteiger partial charge in [0.25, 0.3) is 5.91 Å². The minimum absolute atomic E-state index is 0.132. The fraction of sp³-hybridized carbons (Fsp3) is 0.733. The van der Waals surface area contributed by atoms with Gasteiger partial charge >= 0.3 is 0 Å². The number of thioether (sulfide) groups is 1. The summed E-state index contributed by atoms with van der Waals surface area (Å²) in [6.45, 7) is 8.50. The maximum atomic E-state index is 12.1. The number of carbonyl (C=O) groups is 1. The first-order chi connectivity index (χ1) is 20.1. The van der Waals surface area contributed by atoms with Crippen molar-refractivity contribution in [1.82, 2.24) is 21.3 Å². The normalized spacial score (nSPS) is 26.4. The predicted molar refractivity (Wildman–Crippen MR) is 163 cm³/mol. The lowest BCUT2D eigenvalue weighted by Gasteiger charge is -2.37. The number of fused-ring (bicyclic) bond motifs is 2. The summed E-state index contributed by atoms with van der Waals surface area (Å²) in [6, 6.07) is 7.54. The highest BCUT2D eigenvalue weighted by atomic mass is 32.2. The Labute approximate surface area is 249 Å². The number of benzene rings is 1. The van der Waals surface area contributed by atoms with Crippen LogP contribution in [-0.2, 0) is 18.9 Å². The van der Waals surface area contributed by atoms with Crippen LogP contribution < -0.4 is 21.3 Å². The van der Waals surface area contributed by atoms with E-state index >= 15 is 0 Å². The maximum absolute atomic E-state index is 12.1. The first-order valence-electron chi connectivity index (χ1n) is 15.2. The smallest absolute Gasteiger partial charge is 0.251 e. The summed E-state index contributed by atoms with van der Waals surface area (Å²) >= 11 is 2.12. The zero-order valence-electron chi connectivity index (χ0n) is 24.5. The molecule has 0 aromatic heterocycles. The average Bonchev–Trinajstić information content (AvgIpc) is 3.66. The Morgan fingerprint density at radius 3 is 2.54 bits per heavy atom. The molecule has 11 heteroatoms. The molecule has 1 amide bonds. The number of ether oxygens (including phenoxy) is 4. The highest BCUT2D eigenvalue weighted by Crippen LogP contribution is 2.42. The Balaban J connectivity index is 0.842. The largest absolute Gasteiger partial charge is 0.379 e. The van der Waals surface area contributed by atoms with Crippen molar-refractivity contribution in [3.8, 4) is 0 Å². The van der Waals surface area contributed by atoms with Crippen molar-refractivity contribution in [2.45, 2.75) is 74.7 Å². The van der Waals surface area contributed by atoms with Crippen LogP contribution in [0.25, 0.3) is 0 Å². The molecule has 230 valence electrons. The molecule has 3 aliphatic rings. The monoisotopic (exact) mass is 591 g/mol. The first-order valence-corrected chi connectivity index (χ1v) is 16.3. The highest BCUT2D eigenvalue weighted by molar-refractivity contribution is 8.00. The number of piperazine rings is 1. The lowest BCUT2D eigenvalue weighted by molar-refractivity contribution is 0.0139. The van der Waals surface area contributed by atoms with Crippen molar-refractivity contribution in [2.24, 2.45) is 0 Å². The summed E-state index contributed by atoms with van der Waals surface area (Å²) in [6.07, 6.45) is 8.53. The molecular formula is C30H49N5O5S. The van der Waals surface area contributed by atoms with E-state index in [4.69, 9.17) is 24.4 Å². The second-order valence-electron chi connectivity index (χ2n) is 11.2. The predicted octanol–water partition coefficient (Wildman–Crippen LogP) is 2.51.